The molecular weight excluding hydrogens is 270 g/mol. The number of benzene rings is 2. The Hall–Kier alpha value is -2.22. The van der Waals surface area contributed by atoms with Crippen molar-refractivity contribution in [2.45, 2.75) is 26.8 Å². The fourth-order valence-electron chi connectivity index (χ4n) is 2.47. The minimum Gasteiger partial charge on any atom is -0.511 e. The van der Waals surface area contributed by atoms with Crippen molar-refractivity contribution in [3.8, 4) is 11.1 Å². The standard InChI is InChI=1S/C20H25NO/c1-14(2)15(3)20(16(4)22)21-19-12-10-18(11-13-19)17-8-6-5-7-9-17/h5-15,20-22H,4H2,1-3H3/t15-,20?/m0/s1. The highest BCUT2D eigenvalue weighted by Gasteiger charge is 2.22. The lowest BCUT2D eigenvalue weighted by molar-refractivity contribution is 0.299. The largest absolute Gasteiger partial charge is 0.511 e. The molecule has 0 aliphatic rings. The molecule has 0 spiro atoms. The summed E-state index contributed by atoms with van der Waals surface area (Å²) in [6, 6.07) is 18.4. The Labute approximate surface area is 133 Å². The molecule has 2 aromatic carbocycles. The summed E-state index contributed by atoms with van der Waals surface area (Å²) >= 11 is 0. The van der Waals surface area contributed by atoms with Gasteiger partial charge in [-0.2, -0.15) is 0 Å². The van der Waals surface area contributed by atoms with Crippen molar-refractivity contribution in [2.75, 3.05) is 5.32 Å². The van der Waals surface area contributed by atoms with E-state index in [-0.39, 0.29) is 11.8 Å². The van der Waals surface area contributed by atoms with Gasteiger partial charge in [-0.1, -0.05) is 69.8 Å². The Morgan fingerprint density at radius 3 is 1.95 bits per heavy atom. The van der Waals surface area contributed by atoms with Crippen LogP contribution >= 0.6 is 0 Å². The summed E-state index contributed by atoms with van der Waals surface area (Å²) in [6.45, 7) is 10.1. The van der Waals surface area contributed by atoms with Gasteiger partial charge < -0.3 is 10.4 Å². The molecule has 1 unspecified atom stereocenters. The number of aliphatic hydroxyl groups is 1. The van der Waals surface area contributed by atoms with Crippen LogP contribution in [0.1, 0.15) is 20.8 Å². The number of hydrogen-bond acceptors (Lipinski definition) is 2. The Morgan fingerprint density at radius 1 is 0.909 bits per heavy atom. The van der Waals surface area contributed by atoms with Gasteiger partial charge in [-0.05, 0) is 35.1 Å². The molecule has 0 aliphatic carbocycles. The van der Waals surface area contributed by atoms with Crippen LogP contribution in [0.25, 0.3) is 11.1 Å². The van der Waals surface area contributed by atoms with Gasteiger partial charge in [0.1, 0.15) is 5.76 Å². The Balaban J connectivity index is 2.14. The van der Waals surface area contributed by atoms with E-state index in [1.165, 1.54) is 11.1 Å². The average Bonchev–Trinajstić information content (AvgIpc) is 2.53. The third kappa shape index (κ3) is 3.91. The van der Waals surface area contributed by atoms with Crippen molar-refractivity contribution >= 4 is 5.69 Å². The summed E-state index contributed by atoms with van der Waals surface area (Å²) in [5, 5.41) is 13.3. The SMILES string of the molecule is C=C(O)C(Nc1ccc(-c2ccccc2)cc1)[C@@H](C)C(C)C. The van der Waals surface area contributed by atoms with Crippen LogP contribution in [0.2, 0.25) is 0 Å². The van der Waals surface area contributed by atoms with E-state index in [1.54, 1.807) is 0 Å². The van der Waals surface area contributed by atoms with Gasteiger partial charge in [0.2, 0.25) is 0 Å². The third-order valence-corrected chi connectivity index (χ3v) is 4.25. The third-order valence-electron chi connectivity index (χ3n) is 4.25. The fourth-order valence-corrected chi connectivity index (χ4v) is 2.47. The number of anilines is 1. The van der Waals surface area contributed by atoms with Crippen LogP contribution < -0.4 is 5.32 Å². The van der Waals surface area contributed by atoms with Crippen LogP contribution in [-0.2, 0) is 0 Å². The van der Waals surface area contributed by atoms with Gasteiger partial charge in [0.25, 0.3) is 0 Å². The minimum absolute atomic E-state index is 0.137. The van der Waals surface area contributed by atoms with Crippen LogP contribution in [-0.4, -0.2) is 11.1 Å². The molecule has 2 N–H and O–H groups in total. The molecular formula is C20H25NO. The molecule has 0 amide bonds. The lowest BCUT2D eigenvalue weighted by Gasteiger charge is -2.28. The van der Waals surface area contributed by atoms with Gasteiger partial charge >= 0.3 is 0 Å². The van der Waals surface area contributed by atoms with E-state index < -0.39 is 0 Å². The van der Waals surface area contributed by atoms with Gasteiger partial charge in [-0.25, -0.2) is 0 Å². The topological polar surface area (TPSA) is 32.3 Å². The van der Waals surface area contributed by atoms with E-state index in [2.05, 4.69) is 56.9 Å². The molecule has 2 heteroatoms. The van der Waals surface area contributed by atoms with Gasteiger partial charge in [-0.15, -0.1) is 0 Å². The Bertz CT molecular complexity index is 601. The highest BCUT2D eigenvalue weighted by atomic mass is 16.3. The molecule has 22 heavy (non-hydrogen) atoms. The van der Waals surface area contributed by atoms with Crippen molar-refractivity contribution < 1.29 is 5.11 Å². The quantitative estimate of drug-likeness (QED) is 0.690. The molecule has 116 valence electrons. The summed E-state index contributed by atoms with van der Waals surface area (Å²) in [5.74, 6) is 0.949. The predicted molar refractivity (Wildman–Crippen MR) is 95.1 cm³/mol. The second kappa shape index (κ2) is 7.17. The normalized spacial score (nSPS) is 13.6. The van der Waals surface area contributed by atoms with Gasteiger partial charge in [0.15, 0.2) is 0 Å². The van der Waals surface area contributed by atoms with Crippen LogP contribution in [0, 0.1) is 11.8 Å². The lowest BCUT2D eigenvalue weighted by Crippen LogP contribution is -2.32. The summed E-state index contributed by atoms with van der Waals surface area (Å²) in [7, 11) is 0. The van der Waals surface area contributed by atoms with E-state index in [4.69, 9.17) is 0 Å². The maximum atomic E-state index is 9.87. The van der Waals surface area contributed by atoms with Crippen LogP contribution in [0.3, 0.4) is 0 Å². The number of aliphatic hydroxyl groups excluding tert-OH is 1. The first-order chi connectivity index (χ1) is 10.5. The monoisotopic (exact) mass is 295 g/mol. The molecule has 2 aromatic rings. The Kier molecular flexibility index (Phi) is 5.26. The van der Waals surface area contributed by atoms with Crippen LogP contribution in [0.4, 0.5) is 5.69 Å². The zero-order valence-electron chi connectivity index (χ0n) is 13.6. The summed E-state index contributed by atoms with van der Waals surface area (Å²) in [5.41, 5.74) is 3.38. The zero-order valence-corrected chi connectivity index (χ0v) is 13.6. The molecule has 2 rings (SSSR count). The highest BCUT2D eigenvalue weighted by Crippen LogP contribution is 2.25. The summed E-state index contributed by atoms with van der Waals surface area (Å²) in [6.07, 6.45) is 0. The van der Waals surface area contributed by atoms with Crippen molar-refractivity contribution in [2.24, 2.45) is 11.8 Å². The smallest absolute Gasteiger partial charge is 0.108 e. The van der Waals surface area contributed by atoms with Crippen molar-refractivity contribution in [3.63, 3.8) is 0 Å². The summed E-state index contributed by atoms with van der Waals surface area (Å²) < 4.78 is 0. The number of hydrogen-bond donors (Lipinski definition) is 2. The first kappa shape index (κ1) is 16.2. The van der Waals surface area contributed by atoms with E-state index in [9.17, 15) is 5.11 Å². The maximum Gasteiger partial charge on any atom is 0.108 e. The molecule has 0 aliphatic heterocycles. The van der Waals surface area contributed by atoms with Gasteiger partial charge in [0, 0.05) is 5.69 Å². The van der Waals surface area contributed by atoms with Crippen molar-refractivity contribution in [1.82, 2.24) is 0 Å². The van der Waals surface area contributed by atoms with Crippen molar-refractivity contribution in [1.29, 1.82) is 0 Å². The number of rotatable bonds is 6. The molecule has 0 aromatic heterocycles. The van der Waals surface area contributed by atoms with Crippen LogP contribution in [0.5, 0.6) is 0 Å². The molecule has 2 nitrogen and oxygen atoms in total. The van der Waals surface area contributed by atoms with E-state index in [0.717, 1.165) is 5.69 Å². The first-order valence-electron chi connectivity index (χ1n) is 7.79. The second-order valence-corrected chi connectivity index (χ2v) is 6.16. The average molecular weight is 295 g/mol. The molecule has 0 fully saturated rings. The lowest BCUT2D eigenvalue weighted by atomic mass is 9.89. The number of nitrogens with one attached hydrogen (secondary N) is 1. The first-order valence-corrected chi connectivity index (χ1v) is 7.79. The van der Waals surface area contributed by atoms with E-state index >= 15 is 0 Å². The minimum atomic E-state index is -0.137. The highest BCUT2D eigenvalue weighted by molar-refractivity contribution is 5.66. The Morgan fingerprint density at radius 2 is 1.45 bits per heavy atom. The van der Waals surface area contributed by atoms with Crippen LogP contribution in [0.15, 0.2) is 66.9 Å². The molecule has 0 radical (unpaired) electrons. The van der Waals surface area contributed by atoms with E-state index in [1.807, 2.05) is 30.3 Å². The fraction of sp³-hybridized carbons (Fsp3) is 0.300. The zero-order chi connectivity index (χ0) is 16.1. The van der Waals surface area contributed by atoms with Gasteiger partial charge in [-0.3, -0.25) is 0 Å². The van der Waals surface area contributed by atoms with Gasteiger partial charge in [0.05, 0.1) is 6.04 Å². The molecule has 2 atom stereocenters. The van der Waals surface area contributed by atoms with Crippen molar-refractivity contribution in [3.05, 3.63) is 66.9 Å². The molecule has 0 saturated heterocycles. The molecule has 0 bridgehead atoms. The maximum absolute atomic E-state index is 9.87. The summed E-state index contributed by atoms with van der Waals surface area (Å²) in [4.78, 5) is 0. The molecule has 0 heterocycles. The predicted octanol–water partition coefficient (Wildman–Crippen LogP) is 5.50. The van der Waals surface area contributed by atoms with E-state index in [0.29, 0.717) is 11.8 Å². The molecule has 0 saturated carbocycles. The second-order valence-electron chi connectivity index (χ2n) is 6.16.